The molecule has 0 heterocycles. The molecule has 0 fully saturated rings. The van der Waals surface area contributed by atoms with Gasteiger partial charge in [-0.1, -0.05) is 6.92 Å². The summed E-state index contributed by atoms with van der Waals surface area (Å²) in [7, 11) is -4.45. The Morgan fingerprint density at radius 3 is 2.60 bits per heavy atom. The maximum absolute atomic E-state index is 13.8. The molecule has 0 saturated heterocycles. The lowest BCUT2D eigenvalue weighted by atomic mass is 10.2. The van der Waals surface area contributed by atoms with Crippen LogP contribution in [-0.4, -0.2) is 19.4 Å². The molecule has 108 valence electrons. The predicted octanol–water partition coefficient (Wildman–Crippen LogP) is 1.06. The van der Waals surface area contributed by atoms with Crippen LogP contribution >= 0.6 is 0 Å². The topological polar surface area (TPSA) is 136 Å². The number of nitriles is 1. The third kappa shape index (κ3) is 3.40. The highest BCUT2D eigenvalue weighted by Crippen LogP contribution is 2.32. The Labute approximate surface area is 113 Å². The molecule has 0 aliphatic heterocycles. The van der Waals surface area contributed by atoms with Crippen molar-refractivity contribution in [3.8, 4) is 11.8 Å². The zero-order valence-corrected chi connectivity index (χ0v) is 11.1. The third-order valence-electron chi connectivity index (χ3n) is 2.29. The molecule has 0 saturated carbocycles. The van der Waals surface area contributed by atoms with Crippen molar-refractivity contribution in [3.05, 3.63) is 28.1 Å². The molecule has 0 amide bonds. The molecule has 0 radical (unpaired) electrons. The van der Waals surface area contributed by atoms with Crippen LogP contribution in [0.1, 0.15) is 13.3 Å². The van der Waals surface area contributed by atoms with Crippen molar-refractivity contribution < 1.29 is 22.5 Å². The fraction of sp³-hybridized carbons (Fsp3) is 0.300. The van der Waals surface area contributed by atoms with Gasteiger partial charge in [-0.2, -0.15) is 5.26 Å². The van der Waals surface area contributed by atoms with Crippen LogP contribution in [0, 0.1) is 27.3 Å². The van der Waals surface area contributed by atoms with Gasteiger partial charge in [0.2, 0.25) is 10.0 Å². The Bertz CT molecular complexity index is 683. The lowest BCUT2D eigenvalue weighted by Gasteiger charge is -2.14. The number of primary sulfonamides is 1. The number of nitro groups is 1. The van der Waals surface area contributed by atoms with Crippen LogP contribution in [0.4, 0.5) is 10.1 Å². The van der Waals surface area contributed by atoms with Gasteiger partial charge in [-0.3, -0.25) is 10.1 Å². The van der Waals surface area contributed by atoms with Crippen molar-refractivity contribution in [2.24, 2.45) is 5.14 Å². The predicted molar refractivity (Wildman–Crippen MR) is 64.7 cm³/mol. The molecule has 20 heavy (non-hydrogen) atoms. The van der Waals surface area contributed by atoms with Gasteiger partial charge in [-0.05, 0) is 6.42 Å². The first-order valence-electron chi connectivity index (χ1n) is 5.27. The van der Waals surface area contributed by atoms with E-state index in [1.807, 2.05) is 0 Å². The Hall–Kier alpha value is -2.25. The lowest BCUT2D eigenvalue weighted by molar-refractivity contribution is -0.385. The van der Waals surface area contributed by atoms with E-state index < -0.39 is 43.2 Å². The minimum atomic E-state index is -4.45. The molecular formula is C10H10FN3O5S. The molecular weight excluding hydrogens is 293 g/mol. The van der Waals surface area contributed by atoms with Crippen LogP contribution < -0.4 is 9.88 Å². The summed E-state index contributed by atoms with van der Waals surface area (Å²) in [6.45, 7) is 1.56. The molecule has 8 nitrogen and oxygen atoms in total. The maximum Gasteiger partial charge on any atom is 0.274 e. The highest BCUT2D eigenvalue weighted by atomic mass is 32.2. The number of benzene rings is 1. The van der Waals surface area contributed by atoms with Crippen LogP contribution in [0.25, 0.3) is 0 Å². The Morgan fingerprint density at radius 2 is 2.20 bits per heavy atom. The first kappa shape index (κ1) is 15.8. The van der Waals surface area contributed by atoms with Gasteiger partial charge < -0.3 is 4.74 Å². The second kappa shape index (κ2) is 5.81. The van der Waals surface area contributed by atoms with Gasteiger partial charge in [-0.25, -0.2) is 17.9 Å². The first-order valence-corrected chi connectivity index (χ1v) is 6.82. The number of hydrogen-bond donors (Lipinski definition) is 1. The number of nitrogens with zero attached hydrogens (tertiary/aromatic N) is 2. The molecule has 1 rings (SSSR count). The molecule has 2 N–H and O–H groups in total. The summed E-state index contributed by atoms with van der Waals surface area (Å²) in [6, 6.07) is 2.76. The number of sulfonamides is 1. The van der Waals surface area contributed by atoms with Crippen molar-refractivity contribution in [1.82, 2.24) is 0 Å². The molecule has 1 unspecified atom stereocenters. The van der Waals surface area contributed by atoms with Gasteiger partial charge in [0.25, 0.3) is 5.69 Å². The lowest BCUT2D eigenvalue weighted by Crippen LogP contribution is -2.19. The second-order valence-electron chi connectivity index (χ2n) is 3.70. The van der Waals surface area contributed by atoms with E-state index in [1.54, 1.807) is 13.0 Å². The third-order valence-corrected chi connectivity index (χ3v) is 3.20. The van der Waals surface area contributed by atoms with E-state index >= 15 is 0 Å². The van der Waals surface area contributed by atoms with Crippen LogP contribution in [-0.2, 0) is 10.0 Å². The Balaban J connectivity index is 3.51. The van der Waals surface area contributed by atoms with Gasteiger partial charge in [0.15, 0.2) is 17.7 Å². The summed E-state index contributed by atoms with van der Waals surface area (Å²) < 4.78 is 41.4. The molecule has 1 aromatic carbocycles. The van der Waals surface area contributed by atoms with Crippen molar-refractivity contribution >= 4 is 15.7 Å². The van der Waals surface area contributed by atoms with Crippen LogP contribution in [0.5, 0.6) is 5.75 Å². The van der Waals surface area contributed by atoms with Gasteiger partial charge in [-0.15, -0.1) is 0 Å². The number of halogens is 1. The summed E-state index contributed by atoms with van der Waals surface area (Å²) in [5.74, 6) is -2.08. The molecule has 1 aromatic rings. The smallest absolute Gasteiger partial charge is 0.274 e. The zero-order chi connectivity index (χ0) is 15.5. The normalized spacial score (nSPS) is 12.5. The fourth-order valence-corrected chi connectivity index (χ4v) is 2.02. The van der Waals surface area contributed by atoms with E-state index in [-0.39, 0.29) is 6.42 Å². The Kier molecular flexibility index (Phi) is 4.59. The van der Waals surface area contributed by atoms with Crippen molar-refractivity contribution in [2.45, 2.75) is 24.3 Å². The summed E-state index contributed by atoms with van der Waals surface area (Å²) in [4.78, 5) is 8.74. The fourth-order valence-electron chi connectivity index (χ4n) is 1.33. The number of nitrogens with two attached hydrogens (primary N) is 1. The number of ether oxygens (including phenoxy) is 1. The molecule has 0 aliphatic rings. The monoisotopic (exact) mass is 303 g/mol. The minimum absolute atomic E-state index is 0.164. The van der Waals surface area contributed by atoms with Crippen LogP contribution in [0.3, 0.4) is 0 Å². The molecule has 0 aromatic heterocycles. The van der Waals surface area contributed by atoms with Crippen molar-refractivity contribution in [1.29, 1.82) is 5.26 Å². The highest BCUT2D eigenvalue weighted by molar-refractivity contribution is 7.89. The van der Waals surface area contributed by atoms with E-state index in [2.05, 4.69) is 0 Å². The van der Waals surface area contributed by atoms with E-state index in [4.69, 9.17) is 15.1 Å². The quantitative estimate of drug-likeness (QED) is 0.638. The highest BCUT2D eigenvalue weighted by Gasteiger charge is 2.26. The number of nitro benzene ring substituents is 1. The number of rotatable bonds is 5. The van der Waals surface area contributed by atoms with Crippen LogP contribution in [0.2, 0.25) is 0 Å². The second-order valence-corrected chi connectivity index (χ2v) is 5.23. The standard InChI is InChI=1S/C10H10FN3O5S/c1-2-7(5-12)19-10-8(11)3-6(14(15)16)4-9(10)20(13,17)18/h3-4,7H,2H2,1H3,(H2,13,17,18). The van der Waals surface area contributed by atoms with E-state index in [9.17, 15) is 22.9 Å². The average molecular weight is 303 g/mol. The van der Waals surface area contributed by atoms with Crippen molar-refractivity contribution in [2.75, 3.05) is 0 Å². The molecule has 0 spiro atoms. The number of hydrogen-bond acceptors (Lipinski definition) is 6. The zero-order valence-electron chi connectivity index (χ0n) is 10.2. The summed E-state index contributed by atoms with van der Waals surface area (Å²) in [5.41, 5.74) is -0.788. The van der Waals surface area contributed by atoms with Crippen molar-refractivity contribution in [3.63, 3.8) is 0 Å². The van der Waals surface area contributed by atoms with Gasteiger partial charge in [0.05, 0.1) is 11.0 Å². The van der Waals surface area contributed by atoms with Gasteiger partial charge in [0, 0.05) is 6.07 Å². The van der Waals surface area contributed by atoms with Gasteiger partial charge >= 0.3 is 0 Å². The summed E-state index contributed by atoms with van der Waals surface area (Å²) >= 11 is 0. The molecule has 1 atom stereocenters. The largest absolute Gasteiger partial charge is 0.471 e. The number of non-ortho nitro benzene ring substituents is 1. The Morgan fingerprint density at radius 1 is 1.60 bits per heavy atom. The van der Waals surface area contributed by atoms with E-state index in [1.165, 1.54) is 0 Å². The average Bonchev–Trinajstić information content (AvgIpc) is 2.35. The van der Waals surface area contributed by atoms with Gasteiger partial charge in [0.1, 0.15) is 11.0 Å². The first-order chi connectivity index (χ1) is 9.20. The maximum atomic E-state index is 13.8. The molecule has 0 bridgehead atoms. The van der Waals surface area contributed by atoms with E-state index in [0.717, 1.165) is 0 Å². The molecule has 10 heteroatoms. The SMILES string of the molecule is CCC(C#N)Oc1c(F)cc([N+](=O)[O-])cc1S(N)(=O)=O. The summed E-state index contributed by atoms with van der Waals surface area (Å²) in [5, 5.41) is 24.2. The minimum Gasteiger partial charge on any atom is -0.471 e. The van der Waals surface area contributed by atoms with Crippen LogP contribution in [0.15, 0.2) is 17.0 Å². The van der Waals surface area contributed by atoms with E-state index in [0.29, 0.717) is 12.1 Å². The summed E-state index contributed by atoms with van der Waals surface area (Å²) in [6.07, 6.45) is -0.941. The molecule has 0 aliphatic carbocycles.